The second-order valence-corrected chi connectivity index (χ2v) is 4.38. The van der Waals surface area contributed by atoms with E-state index in [2.05, 4.69) is 11.9 Å². The van der Waals surface area contributed by atoms with Gasteiger partial charge in [-0.15, -0.1) is 0 Å². The van der Waals surface area contributed by atoms with Gasteiger partial charge in [0.1, 0.15) is 0 Å². The number of rotatable bonds is 3. The fourth-order valence-corrected chi connectivity index (χ4v) is 2.00. The van der Waals surface area contributed by atoms with Crippen LogP contribution in [0.2, 0.25) is 0 Å². The number of nitrogens with zero attached hydrogens (tertiary/aromatic N) is 1. The lowest BCUT2D eigenvalue weighted by Crippen LogP contribution is -2.58. The topological polar surface area (TPSA) is 47.7 Å². The molecule has 0 radical (unpaired) electrons. The van der Waals surface area contributed by atoms with Crippen LogP contribution >= 0.6 is 0 Å². The lowest BCUT2D eigenvalue weighted by atomic mass is 10.00. The van der Waals surface area contributed by atoms with E-state index in [4.69, 9.17) is 15.2 Å². The molecule has 2 rings (SSSR count). The van der Waals surface area contributed by atoms with Gasteiger partial charge in [-0.2, -0.15) is 0 Å². The van der Waals surface area contributed by atoms with Crippen molar-refractivity contribution < 1.29 is 9.47 Å². The number of likely N-dealkylation sites (N-methyl/N-ethyl adjacent to an activating group) is 1. The molecule has 1 heterocycles. The van der Waals surface area contributed by atoms with Gasteiger partial charge in [0.15, 0.2) is 0 Å². The highest BCUT2D eigenvalue weighted by Crippen LogP contribution is 2.32. The minimum Gasteiger partial charge on any atom is -0.377 e. The largest absolute Gasteiger partial charge is 0.377 e. The van der Waals surface area contributed by atoms with E-state index in [1.54, 1.807) is 0 Å². The zero-order chi connectivity index (χ0) is 10.0. The van der Waals surface area contributed by atoms with Crippen LogP contribution in [0.4, 0.5) is 0 Å². The summed E-state index contributed by atoms with van der Waals surface area (Å²) >= 11 is 0. The summed E-state index contributed by atoms with van der Waals surface area (Å²) in [6.45, 7) is 3.41. The smallest absolute Gasteiger partial charge is 0.0802 e. The maximum absolute atomic E-state index is 5.87. The van der Waals surface area contributed by atoms with Crippen LogP contribution in [0, 0.1) is 0 Å². The van der Waals surface area contributed by atoms with Crippen LogP contribution in [-0.4, -0.2) is 56.5 Å². The van der Waals surface area contributed by atoms with Crippen molar-refractivity contribution in [1.29, 1.82) is 0 Å². The van der Waals surface area contributed by atoms with Crippen LogP contribution in [0.25, 0.3) is 0 Å². The Kier molecular flexibility index (Phi) is 3.07. The number of hydrogen-bond donors (Lipinski definition) is 1. The Morgan fingerprint density at radius 1 is 1.29 bits per heavy atom. The molecule has 0 spiro atoms. The number of nitrogens with two attached hydrogens (primary N) is 1. The molecule has 82 valence electrons. The van der Waals surface area contributed by atoms with Gasteiger partial charge >= 0.3 is 0 Å². The predicted octanol–water partition coefficient (Wildman–Crippen LogP) is -0.175. The van der Waals surface area contributed by atoms with Gasteiger partial charge < -0.3 is 15.2 Å². The van der Waals surface area contributed by atoms with E-state index in [-0.39, 0.29) is 5.54 Å². The molecule has 2 fully saturated rings. The number of hydrogen-bond acceptors (Lipinski definition) is 4. The third-order valence-electron chi connectivity index (χ3n) is 3.34. The highest BCUT2D eigenvalue weighted by Gasteiger charge is 2.42. The minimum atomic E-state index is -0.0856. The first-order valence-corrected chi connectivity index (χ1v) is 5.37. The Hall–Kier alpha value is -0.160. The summed E-state index contributed by atoms with van der Waals surface area (Å²) in [7, 11) is 2.14. The molecule has 4 heteroatoms. The van der Waals surface area contributed by atoms with Gasteiger partial charge in [-0.25, -0.2) is 0 Å². The SMILES string of the molecule is CN(C1CC1)C1(CN)COCCOC1. The highest BCUT2D eigenvalue weighted by molar-refractivity contribution is 4.98. The van der Waals surface area contributed by atoms with Gasteiger partial charge in [-0.05, 0) is 19.9 Å². The Morgan fingerprint density at radius 3 is 2.29 bits per heavy atom. The molecule has 1 aliphatic carbocycles. The molecule has 0 aromatic rings. The van der Waals surface area contributed by atoms with Crippen molar-refractivity contribution in [3.63, 3.8) is 0 Å². The first-order valence-electron chi connectivity index (χ1n) is 5.37. The molecular weight excluding hydrogens is 180 g/mol. The summed E-state index contributed by atoms with van der Waals surface area (Å²) in [5.74, 6) is 0. The van der Waals surface area contributed by atoms with Gasteiger partial charge in [-0.1, -0.05) is 0 Å². The zero-order valence-corrected chi connectivity index (χ0v) is 8.87. The van der Waals surface area contributed by atoms with Crippen LogP contribution in [0.3, 0.4) is 0 Å². The molecule has 2 aliphatic rings. The summed E-state index contributed by atoms with van der Waals surface area (Å²) in [5.41, 5.74) is 5.79. The van der Waals surface area contributed by atoms with Crippen molar-refractivity contribution in [1.82, 2.24) is 4.90 Å². The molecule has 14 heavy (non-hydrogen) atoms. The van der Waals surface area contributed by atoms with Crippen molar-refractivity contribution in [2.24, 2.45) is 5.73 Å². The fraction of sp³-hybridized carbons (Fsp3) is 1.00. The quantitative estimate of drug-likeness (QED) is 0.687. The Morgan fingerprint density at radius 2 is 1.86 bits per heavy atom. The molecule has 0 aromatic carbocycles. The summed E-state index contributed by atoms with van der Waals surface area (Å²) in [6, 6.07) is 0.698. The van der Waals surface area contributed by atoms with Gasteiger partial charge in [0.2, 0.25) is 0 Å². The van der Waals surface area contributed by atoms with Crippen LogP contribution in [0.1, 0.15) is 12.8 Å². The molecule has 0 unspecified atom stereocenters. The summed E-state index contributed by atoms with van der Waals surface area (Å²) < 4.78 is 11.1. The molecule has 4 nitrogen and oxygen atoms in total. The van der Waals surface area contributed by atoms with Crippen LogP contribution < -0.4 is 5.73 Å². The summed E-state index contributed by atoms with van der Waals surface area (Å²) in [4.78, 5) is 2.36. The van der Waals surface area contributed by atoms with E-state index >= 15 is 0 Å². The maximum Gasteiger partial charge on any atom is 0.0802 e. The highest BCUT2D eigenvalue weighted by atomic mass is 16.5. The van der Waals surface area contributed by atoms with E-state index in [9.17, 15) is 0 Å². The Labute approximate surface area is 85.3 Å². The lowest BCUT2D eigenvalue weighted by Gasteiger charge is -2.39. The molecule has 0 bridgehead atoms. The van der Waals surface area contributed by atoms with E-state index in [0.29, 0.717) is 39.0 Å². The lowest BCUT2D eigenvalue weighted by molar-refractivity contribution is 0.00213. The first-order chi connectivity index (χ1) is 6.78. The standard InChI is InChI=1S/C10H20N2O2/c1-12(9-2-3-9)10(6-11)7-13-4-5-14-8-10/h9H,2-8,11H2,1H3. The van der Waals surface area contributed by atoms with Gasteiger partial charge in [0.05, 0.1) is 32.0 Å². The molecule has 1 saturated heterocycles. The van der Waals surface area contributed by atoms with E-state index in [1.165, 1.54) is 12.8 Å². The second kappa shape index (κ2) is 4.14. The molecular formula is C10H20N2O2. The summed E-state index contributed by atoms with van der Waals surface area (Å²) in [5, 5.41) is 0. The molecule has 1 aliphatic heterocycles. The molecule has 0 aromatic heterocycles. The van der Waals surface area contributed by atoms with Crippen molar-refractivity contribution in [3.05, 3.63) is 0 Å². The zero-order valence-electron chi connectivity index (χ0n) is 8.87. The van der Waals surface area contributed by atoms with Crippen LogP contribution in [0.15, 0.2) is 0 Å². The van der Waals surface area contributed by atoms with Crippen LogP contribution in [-0.2, 0) is 9.47 Å². The molecule has 2 N–H and O–H groups in total. The van der Waals surface area contributed by atoms with Gasteiger partial charge in [-0.3, -0.25) is 4.90 Å². The van der Waals surface area contributed by atoms with Crippen LogP contribution in [0.5, 0.6) is 0 Å². The summed E-state index contributed by atoms with van der Waals surface area (Å²) in [6.07, 6.45) is 2.58. The van der Waals surface area contributed by atoms with Crippen molar-refractivity contribution in [2.75, 3.05) is 40.0 Å². The predicted molar refractivity (Wildman–Crippen MR) is 54.2 cm³/mol. The van der Waals surface area contributed by atoms with E-state index in [1.807, 2.05) is 0 Å². The third-order valence-corrected chi connectivity index (χ3v) is 3.34. The van der Waals surface area contributed by atoms with E-state index < -0.39 is 0 Å². The van der Waals surface area contributed by atoms with Crippen molar-refractivity contribution >= 4 is 0 Å². The molecule has 1 saturated carbocycles. The Bertz CT molecular complexity index is 187. The number of ether oxygens (including phenoxy) is 2. The van der Waals surface area contributed by atoms with E-state index in [0.717, 1.165) is 0 Å². The third kappa shape index (κ3) is 1.93. The van der Waals surface area contributed by atoms with Gasteiger partial charge in [0.25, 0.3) is 0 Å². The minimum absolute atomic E-state index is 0.0856. The first kappa shape index (κ1) is 10.4. The van der Waals surface area contributed by atoms with Crippen molar-refractivity contribution in [2.45, 2.75) is 24.4 Å². The molecule has 0 amide bonds. The maximum atomic E-state index is 5.87. The average Bonchev–Trinajstić information content (AvgIpc) is 3.04. The van der Waals surface area contributed by atoms with Gasteiger partial charge in [0, 0.05) is 12.6 Å². The van der Waals surface area contributed by atoms with Crippen molar-refractivity contribution in [3.8, 4) is 0 Å². The monoisotopic (exact) mass is 200 g/mol. The second-order valence-electron chi connectivity index (χ2n) is 4.38. The average molecular weight is 200 g/mol. The Balaban J connectivity index is 2.04. The molecule has 0 atom stereocenters. The normalized spacial score (nSPS) is 27.6. The fourth-order valence-electron chi connectivity index (χ4n) is 2.00.